The number of thioether (sulfide) groups is 1. The fraction of sp³-hybridized carbons (Fsp3) is 0.667. The van der Waals surface area contributed by atoms with E-state index >= 15 is 0 Å². The number of amides is 1. The molecule has 1 heterocycles. The molecule has 114 valence electrons. The van der Waals surface area contributed by atoms with Crippen LogP contribution in [0.25, 0.3) is 0 Å². The minimum absolute atomic E-state index is 0.00706. The van der Waals surface area contributed by atoms with Crippen LogP contribution < -0.4 is 5.32 Å². The largest absolute Gasteiger partial charge is 0.395 e. The number of aliphatic hydroxyl groups is 1. The molecule has 1 rings (SSSR count). The number of rotatable bonds is 8. The van der Waals surface area contributed by atoms with Gasteiger partial charge in [0.25, 0.3) is 0 Å². The SMILES string of the molecule is CSC(CO)C(C)NC(=O)CCCc1cc(C)sc1C. The fourth-order valence-corrected chi connectivity index (χ4v) is 3.83. The number of hydrogen-bond acceptors (Lipinski definition) is 4. The minimum Gasteiger partial charge on any atom is -0.395 e. The molecule has 0 fully saturated rings. The zero-order valence-electron chi connectivity index (χ0n) is 12.7. The van der Waals surface area contributed by atoms with E-state index in [1.165, 1.54) is 15.3 Å². The highest BCUT2D eigenvalue weighted by molar-refractivity contribution is 7.99. The summed E-state index contributed by atoms with van der Waals surface area (Å²) in [6, 6.07) is 2.23. The summed E-state index contributed by atoms with van der Waals surface area (Å²) in [5.74, 6) is 0.0783. The Morgan fingerprint density at radius 2 is 2.20 bits per heavy atom. The standard InChI is InChI=1S/C15H25NO2S2/c1-10-8-13(12(3)20-10)6-5-7-15(18)16-11(2)14(9-17)19-4/h8,11,14,17H,5-7,9H2,1-4H3,(H,16,18). The molecular weight excluding hydrogens is 290 g/mol. The summed E-state index contributed by atoms with van der Waals surface area (Å²) in [6.07, 6.45) is 4.33. The Kier molecular flexibility index (Phi) is 7.62. The summed E-state index contributed by atoms with van der Waals surface area (Å²) in [6.45, 7) is 6.30. The van der Waals surface area contributed by atoms with Gasteiger partial charge >= 0.3 is 0 Å². The number of carbonyl (C=O) groups is 1. The maximum absolute atomic E-state index is 11.9. The first kappa shape index (κ1) is 17.5. The lowest BCUT2D eigenvalue weighted by Crippen LogP contribution is -2.41. The van der Waals surface area contributed by atoms with Crippen LogP contribution >= 0.6 is 23.1 Å². The van der Waals surface area contributed by atoms with Crippen LogP contribution in [0.3, 0.4) is 0 Å². The molecule has 1 aromatic heterocycles. The van der Waals surface area contributed by atoms with Gasteiger partial charge in [0.2, 0.25) is 5.91 Å². The van der Waals surface area contributed by atoms with Crippen molar-refractivity contribution in [3.05, 3.63) is 21.4 Å². The Balaban J connectivity index is 2.31. The second-order valence-electron chi connectivity index (χ2n) is 5.10. The molecule has 0 aliphatic heterocycles. The zero-order valence-corrected chi connectivity index (χ0v) is 14.4. The first-order chi connectivity index (χ1) is 9.47. The summed E-state index contributed by atoms with van der Waals surface area (Å²) < 4.78 is 0. The molecule has 2 N–H and O–H groups in total. The number of carbonyl (C=O) groups excluding carboxylic acids is 1. The number of aryl methyl sites for hydroxylation is 3. The van der Waals surface area contributed by atoms with Gasteiger partial charge in [0.05, 0.1) is 6.61 Å². The molecule has 0 spiro atoms. The van der Waals surface area contributed by atoms with Gasteiger partial charge in [-0.25, -0.2) is 0 Å². The molecule has 2 unspecified atom stereocenters. The molecule has 0 aliphatic carbocycles. The van der Waals surface area contributed by atoms with Gasteiger partial charge in [-0.05, 0) is 51.5 Å². The van der Waals surface area contributed by atoms with Crippen molar-refractivity contribution in [2.45, 2.75) is 51.3 Å². The summed E-state index contributed by atoms with van der Waals surface area (Å²) in [4.78, 5) is 14.6. The average molecular weight is 316 g/mol. The van der Waals surface area contributed by atoms with Crippen molar-refractivity contribution < 1.29 is 9.90 Å². The van der Waals surface area contributed by atoms with Gasteiger partial charge in [0.15, 0.2) is 0 Å². The van der Waals surface area contributed by atoms with E-state index in [1.807, 2.05) is 24.5 Å². The molecule has 20 heavy (non-hydrogen) atoms. The van der Waals surface area contributed by atoms with Crippen LogP contribution in [-0.4, -0.2) is 35.2 Å². The fourth-order valence-electron chi connectivity index (χ4n) is 2.23. The van der Waals surface area contributed by atoms with E-state index in [0.717, 1.165) is 12.8 Å². The van der Waals surface area contributed by atoms with E-state index in [1.54, 1.807) is 11.8 Å². The lowest BCUT2D eigenvalue weighted by molar-refractivity contribution is -0.121. The normalized spacial score (nSPS) is 14.1. The third kappa shape index (κ3) is 5.46. The van der Waals surface area contributed by atoms with E-state index < -0.39 is 0 Å². The Labute approximate surface area is 130 Å². The summed E-state index contributed by atoms with van der Waals surface area (Å²) >= 11 is 3.40. The lowest BCUT2D eigenvalue weighted by Gasteiger charge is -2.21. The summed E-state index contributed by atoms with van der Waals surface area (Å²) in [5, 5.41) is 12.2. The lowest BCUT2D eigenvalue weighted by atomic mass is 10.1. The van der Waals surface area contributed by atoms with Gasteiger partial charge in [-0.2, -0.15) is 11.8 Å². The van der Waals surface area contributed by atoms with Gasteiger partial charge in [0, 0.05) is 27.5 Å². The number of hydrogen-bond donors (Lipinski definition) is 2. The van der Waals surface area contributed by atoms with E-state index in [0.29, 0.717) is 6.42 Å². The topological polar surface area (TPSA) is 49.3 Å². The number of nitrogens with one attached hydrogen (secondary N) is 1. The monoisotopic (exact) mass is 315 g/mol. The Morgan fingerprint density at radius 1 is 1.50 bits per heavy atom. The number of thiophene rings is 1. The maximum Gasteiger partial charge on any atom is 0.220 e. The molecule has 1 aromatic rings. The van der Waals surface area contributed by atoms with Crippen LogP contribution in [0.2, 0.25) is 0 Å². The molecular formula is C15H25NO2S2. The van der Waals surface area contributed by atoms with Gasteiger partial charge in [-0.1, -0.05) is 0 Å². The zero-order chi connectivity index (χ0) is 15.1. The van der Waals surface area contributed by atoms with Crippen molar-refractivity contribution in [2.24, 2.45) is 0 Å². The van der Waals surface area contributed by atoms with E-state index in [9.17, 15) is 9.90 Å². The maximum atomic E-state index is 11.9. The van der Waals surface area contributed by atoms with Gasteiger partial charge in [-0.15, -0.1) is 11.3 Å². The van der Waals surface area contributed by atoms with Crippen LogP contribution in [-0.2, 0) is 11.2 Å². The molecule has 0 aliphatic rings. The third-order valence-electron chi connectivity index (χ3n) is 3.42. The molecule has 0 radical (unpaired) electrons. The van der Waals surface area contributed by atoms with E-state index in [2.05, 4.69) is 25.2 Å². The van der Waals surface area contributed by atoms with Gasteiger partial charge < -0.3 is 10.4 Å². The minimum atomic E-state index is 0.00706. The molecule has 3 nitrogen and oxygen atoms in total. The second kappa shape index (κ2) is 8.70. The van der Waals surface area contributed by atoms with Crippen molar-refractivity contribution in [3.8, 4) is 0 Å². The predicted molar refractivity (Wildman–Crippen MR) is 88.7 cm³/mol. The molecule has 2 atom stereocenters. The third-order valence-corrected chi connectivity index (χ3v) is 5.59. The van der Waals surface area contributed by atoms with Crippen molar-refractivity contribution in [1.29, 1.82) is 0 Å². The first-order valence-electron chi connectivity index (χ1n) is 6.96. The molecule has 5 heteroatoms. The van der Waals surface area contributed by atoms with Gasteiger partial charge in [0.1, 0.15) is 0 Å². The highest BCUT2D eigenvalue weighted by Crippen LogP contribution is 2.22. The smallest absolute Gasteiger partial charge is 0.220 e. The molecule has 0 bridgehead atoms. The molecule has 1 amide bonds. The van der Waals surface area contributed by atoms with Crippen molar-refractivity contribution in [2.75, 3.05) is 12.9 Å². The highest BCUT2D eigenvalue weighted by atomic mass is 32.2. The molecule has 0 saturated carbocycles. The van der Waals surface area contributed by atoms with E-state index in [4.69, 9.17) is 0 Å². The Bertz CT molecular complexity index is 428. The molecule has 0 aromatic carbocycles. The highest BCUT2D eigenvalue weighted by Gasteiger charge is 2.17. The Morgan fingerprint density at radius 3 is 2.70 bits per heavy atom. The van der Waals surface area contributed by atoms with Crippen molar-refractivity contribution in [3.63, 3.8) is 0 Å². The van der Waals surface area contributed by atoms with Crippen LogP contribution in [0, 0.1) is 13.8 Å². The van der Waals surface area contributed by atoms with Crippen molar-refractivity contribution >= 4 is 29.0 Å². The number of aliphatic hydroxyl groups excluding tert-OH is 1. The second-order valence-corrected chi connectivity index (χ2v) is 7.64. The predicted octanol–water partition coefficient (Wildman–Crippen LogP) is 2.92. The van der Waals surface area contributed by atoms with Crippen molar-refractivity contribution in [1.82, 2.24) is 5.32 Å². The molecule has 0 saturated heterocycles. The summed E-state index contributed by atoms with van der Waals surface area (Å²) in [5.41, 5.74) is 1.37. The Hall–Kier alpha value is -0.520. The average Bonchev–Trinajstić information content (AvgIpc) is 2.69. The van der Waals surface area contributed by atoms with E-state index in [-0.39, 0.29) is 23.8 Å². The quantitative estimate of drug-likeness (QED) is 0.775. The summed E-state index contributed by atoms with van der Waals surface area (Å²) in [7, 11) is 0. The van der Waals surface area contributed by atoms with Crippen LogP contribution in [0.4, 0.5) is 0 Å². The van der Waals surface area contributed by atoms with Gasteiger partial charge in [-0.3, -0.25) is 4.79 Å². The van der Waals surface area contributed by atoms with Crippen LogP contribution in [0.1, 0.15) is 35.1 Å². The van der Waals surface area contributed by atoms with Crippen LogP contribution in [0.5, 0.6) is 0 Å². The first-order valence-corrected chi connectivity index (χ1v) is 9.07. The van der Waals surface area contributed by atoms with Crippen LogP contribution in [0.15, 0.2) is 6.07 Å².